The van der Waals surface area contributed by atoms with E-state index in [4.69, 9.17) is 17.6 Å². The van der Waals surface area contributed by atoms with Crippen LogP contribution < -0.4 is 4.74 Å². The maximum absolute atomic E-state index is 10.8. The van der Waals surface area contributed by atoms with Crippen molar-refractivity contribution in [3.05, 3.63) is 77.4 Å². The second-order valence-corrected chi connectivity index (χ2v) is 7.41. The summed E-state index contributed by atoms with van der Waals surface area (Å²) in [5.41, 5.74) is 4.88. The normalized spacial score (nSPS) is 11.9. The molecule has 1 heterocycles. The van der Waals surface area contributed by atoms with E-state index in [2.05, 4.69) is 22.5 Å². The van der Waals surface area contributed by atoms with Crippen LogP contribution in [-0.2, 0) is 13.0 Å². The van der Waals surface area contributed by atoms with Crippen molar-refractivity contribution in [2.45, 2.75) is 25.5 Å². The lowest BCUT2D eigenvalue weighted by molar-refractivity contribution is 0.147. The molecule has 4 aromatic rings. The molecule has 1 unspecified atom stereocenters. The van der Waals surface area contributed by atoms with Gasteiger partial charge < -0.3 is 14.4 Å². The van der Waals surface area contributed by atoms with Crippen LogP contribution in [0.5, 0.6) is 5.75 Å². The van der Waals surface area contributed by atoms with Crippen LogP contribution in [0.15, 0.2) is 60.7 Å². The molecular formula is C27H23NO2. The van der Waals surface area contributed by atoms with E-state index in [0.29, 0.717) is 13.0 Å². The molecule has 3 heteroatoms. The van der Waals surface area contributed by atoms with Crippen molar-refractivity contribution >= 4 is 21.8 Å². The van der Waals surface area contributed by atoms with Gasteiger partial charge in [-0.25, -0.2) is 0 Å². The van der Waals surface area contributed by atoms with E-state index in [-0.39, 0.29) is 0 Å². The third kappa shape index (κ3) is 3.77. The second kappa shape index (κ2) is 8.37. The number of benzene rings is 3. The first kappa shape index (κ1) is 19.6. The number of methoxy groups -OCH3 is 1. The van der Waals surface area contributed by atoms with E-state index < -0.39 is 6.10 Å². The summed E-state index contributed by atoms with van der Waals surface area (Å²) in [5, 5.41) is 12.9. The van der Waals surface area contributed by atoms with E-state index in [0.717, 1.165) is 50.7 Å². The molecular weight excluding hydrogens is 370 g/mol. The number of fused-ring (bicyclic) bond motifs is 3. The zero-order valence-corrected chi connectivity index (χ0v) is 16.9. The van der Waals surface area contributed by atoms with Crippen molar-refractivity contribution in [2.24, 2.45) is 0 Å². The fourth-order valence-corrected chi connectivity index (χ4v) is 3.94. The maximum atomic E-state index is 10.8. The van der Waals surface area contributed by atoms with Gasteiger partial charge in [-0.15, -0.1) is 12.8 Å². The molecule has 0 amide bonds. The van der Waals surface area contributed by atoms with Gasteiger partial charge in [0.25, 0.3) is 0 Å². The van der Waals surface area contributed by atoms with Gasteiger partial charge in [-0.05, 0) is 66.9 Å². The van der Waals surface area contributed by atoms with Crippen molar-refractivity contribution in [2.75, 3.05) is 7.11 Å². The van der Waals surface area contributed by atoms with Crippen LogP contribution in [0.3, 0.4) is 0 Å². The van der Waals surface area contributed by atoms with Crippen molar-refractivity contribution in [1.29, 1.82) is 0 Å². The Labute approximate surface area is 176 Å². The standard InChI is InChI=1S/C27H23NO2/c1-4-19-10-13-26-24(16-19)25-17-20(5-2)11-14-27(25)28(26)18-22(29)12-9-21-7-6-8-23(15-21)30-3/h1-2,6-8,10-11,13-17,22,29H,9,12,18H2,3H3. The summed E-state index contributed by atoms with van der Waals surface area (Å²) in [6.45, 7) is 0.495. The van der Waals surface area contributed by atoms with Gasteiger partial charge in [0.15, 0.2) is 0 Å². The van der Waals surface area contributed by atoms with Crippen molar-refractivity contribution < 1.29 is 9.84 Å². The monoisotopic (exact) mass is 393 g/mol. The summed E-state index contributed by atoms with van der Waals surface area (Å²) in [7, 11) is 1.66. The van der Waals surface area contributed by atoms with Gasteiger partial charge in [-0.2, -0.15) is 0 Å². The predicted molar refractivity (Wildman–Crippen MR) is 123 cm³/mol. The minimum atomic E-state index is -0.491. The van der Waals surface area contributed by atoms with Crippen LogP contribution >= 0.6 is 0 Å². The number of aromatic nitrogens is 1. The minimum absolute atomic E-state index is 0.491. The predicted octanol–water partition coefficient (Wildman–Crippen LogP) is 4.76. The molecule has 3 nitrogen and oxygen atoms in total. The highest BCUT2D eigenvalue weighted by atomic mass is 16.5. The zero-order valence-electron chi connectivity index (χ0n) is 16.9. The van der Waals surface area contributed by atoms with Crippen LogP contribution in [0, 0.1) is 24.7 Å². The highest BCUT2D eigenvalue weighted by Gasteiger charge is 2.15. The molecule has 1 aromatic heterocycles. The third-order valence-electron chi connectivity index (χ3n) is 5.49. The summed E-state index contributed by atoms with van der Waals surface area (Å²) in [4.78, 5) is 0. The Balaban J connectivity index is 1.65. The first-order valence-electron chi connectivity index (χ1n) is 9.93. The number of ether oxygens (including phenoxy) is 1. The number of nitrogens with zero attached hydrogens (tertiary/aromatic N) is 1. The molecule has 3 aromatic carbocycles. The molecule has 1 atom stereocenters. The fraction of sp³-hybridized carbons (Fsp3) is 0.185. The molecule has 0 aliphatic rings. The smallest absolute Gasteiger partial charge is 0.119 e. The fourth-order valence-electron chi connectivity index (χ4n) is 3.94. The topological polar surface area (TPSA) is 34.4 Å². The van der Waals surface area contributed by atoms with Crippen molar-refractivity contribution in [3.63, 3.8) is 0 Å². The van der Waals surface area contributed by atoms with Crippen LogP contribution in [0.1, 0.15) is 23.1 Å². The third-order valence-corrected chi connectivity index (χ3v) is 5.49. The lowest BCUT2D eigenvalue weighted by Gasteiger charge is -2.14. The average molecular weight is 393 g/mol. The first-order valence-corrected chi connectivity index (χ1v) is 9.93. The summed E-state index contributed by atoms with van der Waals surface area (Å²) in [6.07, 6.45) is 12.1. The largest absolute Gasteiger partial charge is 0.497 e. The molecule has 0 radical (unpaired) electrons. The molecule has 0 bridgehead atoms. The quantitative estimate of drug-likeness (QED) is 0.479. The van der Waals surface area contributed by atoms with Crippen LogP contribution in [0.25, 0.3) is 21.8 Å². The molecule has 0 aliphatic heterocycles. The van der Waals surface area contributed by atoms with Gasteiger partial charge in [0.05, 0.1) is 13.2 Å². The van der Waals surface area contributed by atoms with Gasteiger partial charge in [0.1, 0.15) is 5.75 Å². The van der Waals surface area contributed by atoms with E-state index in [1.165, 1.54) is 0 Å². The molecule has 4 rings (SSSR count). The van der Waals surface area contributed by atoms with E-state index >= 15 is 0 Å². The Morgan fingerprint density at radius 3 is 2.13 bits per heavy atom. The number of hydrogen-bond acceptors (Lipinski definition) is 2. The Hall–Kier alpha value is -3.66. The van der Waals surface area contributed by atoms with Gasteiger partial charge in [0.2, 0.25) is 0 Å². The average Bonchev–Trinajstić information content (AvgIpc) is 3.09. The number of terminal acetylenes is 2. The highest BCUT2D eigenvalue weighted by Crippen LogP contribution is 2.31. The summed E-state index contributed by atoms with van der Waals surface area (Å²) >= 11 is 0. The van der Waals surface area contributed by atoms with Crippen molar-refractivity contribution in [1.82, 2.24) is 4.57 Å². The summed E-state index contributed by atoms with van der Waals surface area (Å²) in [6, 6.07) is 19.9. The lowest BCUT2D eigenvalue weighted by atomic mass is 10.1. The molecule has 0 aliphatic carbocycles. The van der Waals surface area contributed by atoms with E-state index in [9.17, 15) is 5.11 Å². The Bertz CT molecular complexity index is 1230. The molecule has 30 heavy (non-hydrogen) atoms. The first-order chi connectivity index (χ1) is 14.6. The van der Waals surface area contributed by atoms with Gasteiger partial charge in [0, 0.05) is 39.5 Å². The number of aliphatic hydroxyl groups excluding tert-OH is 1. The van der Waals surface area contributed by atoms with E-state index in [1.807, 2.05) is 54.6 Å². The Kier molecular flexibility index (Phi) is 5.48. The van der Waals surface area contributed by atoms with Crippen molar-refractivity contribution in [3.8, 4) is 30.4 Å². The highest BCUT2D eigenvalue weighted by molar-refractivity contribution is 6.08. The number of aryl methyl sites for hydroxylation is 1. The van der Waals surface area contributed by atoms with Gasteiger partial charge >= 0.3 is 0 Å². The van der Waals surface area contributed by atoms with Crippen LogP contribution in [-0.4, -0.2) is 22.9 Å². The zero-order chi connectivity index (χ0) is 21.1. The molecule has 1 N–H and O–H groups in total. The molecule has 0 saturated heterocycles. The van der Waals surface area contributed by atoms with Crippen LogP contribution in [0.4, 0.5) is 0 Å². The Morgan fingerprint density at radius 1 is 0.933 bits per heavy atom. The summed E-state index contributed by atoms with van der Waals surface area (Å²) < 4.78 is 7.44. The number of hydrogen-bond donors (Lipinski definition) is 1. The molecule has 0 fully saturated rings. The van der Waals surface area contributed by atoms with Gasteiger partial charge in [-0.3, -0.25) is 0 Å². The lowest BCUT2D eigenvalue weighted by Crippen LogP contribution is -2.16. The molecule has 148 valence electrons. The molecule has 0 saturated carbocycles. The van der Waals surface area contributed by atoms with Crippen LogP contribution in [0.2, 0.25) is 0 Å². The molecule has 0 spiro atoms. The minimum Gasteiger partial charge on any atom is -0.497 e. The maximum Gasteiger partial charge on any atom is 0.119 e. The number of rotatable bonds is 6. The Morgan fingerprint density at radius 2 is 1.57 bits per heavy atom. The second-order valence-electron chi connectivity index (χ2n) is 7.41. The summed E-state index contributed by atoms with van der Waals surface area (Å²) in [5.74, 6) is 6.23. The SMILES string of the molecule is C#Cc1ccc2c(c1)c1cc(C#C)ccc1n2CC(O)CCc1cccc(OC)c1. The van der Waals surface area contributed by atoms with Gasteiger partial charge in [-0.1, -0.05) is 24.0 Å². The van der Waals surface area contributed by atoms with E-state index in [1.54, 1.807) is 7.11 Å². The number of aliphatic hydroxyl groups is 1.